The van der Waals surface area contributed by atoms with E-state index in [4.69, 9.17) is 4.74 Å². The van der Waals surface area contributed by atoms with Gasteiger partial charge in [0.25, 0.3) is 0 Å². The molecule has 2 atom stereocenters. The molecule has 6 nitrogen and oxygen atoms in total. The molecule has 2 unspecified atom stereocenters. The minimum Gasteiger partial charge on any atom is -0.479 e. The standard InChI is InChI=1S/C27H30N2O4/c30-25(31)27(14-16-28-15-6-5-11-24(27)28)29(18-12-13-18)26(32)33-17-23-21-9-3-1-7-19(21)20-8-2-4-10-22(20)23/h1-4,7-10,18,23-24H,5-6,11-17H2,(H,30,31). The second-order valence-corrected chi connectivity index (χ2v) is 9.93. The molecule has 3 fully saturated rings. The number of piperidine rings is 1. The molecule has 0 radical (unpaired) electrons. The molecule has 2 aliphatic carbocycles. The van der Waals surface area contributed by atoms with E-state index < -0.39 is 17.6 Å². The number of carboxylic acids is 1. The van der Waals surface area contributed by atoms with Gasteiger partial charge in [-0.05, 0) is 60.9 Å². The van der Waals surface area contributed by atoms with Gasteiger partial charge in [0.2, 0.25) is 0 Å². The summed E-state index contributed by atoms with van der Waals surface area (Å²) in [5.74, 6) is -0.907. The van der Waals surface area contributed by atoms with E-state index in [1.165, 1.54) is 11.1 Å². The first-order valence-corrected chi connectivity index (χ1v) is 12.2. The van der Waals surface area contributed by atoms with Crippen molar-refractivity contribution in [3.05, 3.63) is 59.7 Å². The number of nitrogens with zero attached hydrogens (tertiary/aromatic N) is 2. The Hall–Kier alpha value is -2.86. The van der Waals surface area contributed by atoms with Gasteiger partial charge in [-0.1, -0.05) is 55.0 Å². The summed E-state index contributed by atoms with van der Waals surface area (Å²) in [4.78, 5) is 30.3. The number of rotatable bonds is 5. The summed E-state index contributed by atoms with van der Waals surface area (Å²) < 4.78 is 5.98. The molecule has 0 spiro atoms. The van der Waals surface area contributed by atoms with Crippen LogP contribution < -0.4 is 0 Å². The van der Waals surface area contributed by atoms with E-state index in [1.54, 1.807) is 4.90 Å². The van der Waals surface area contributed by atoms with Gasteiger partial charge in [-0.25, -0.2) is 9.59 Å². The molecule has 6 heteroatoms. The van der Waals surface area contributed by atoms with E-state index >= 15 is 0 Å². The third kappa shape index (κ3) is 3.18. The highest BCUT2D eigenvalue weighted by Crippen LogP contribution is 2.47. The van der Waals surface area contributed by atoms with Crippen LogP contribution in [-0.4, -0.2) is 64.3 Å². The average Bonchev–Trinajstić information content (AvgIpc) is 3.51. The maximum atomic E-state index is 13.6. The molecule has 2 aromatic rings. The van der Waals surface area contributed by atoms with E-state index in [0.29, 0.717) is 6.42 Å². The minimum atomic E-state index is -1.18. The molecule has 2 aliphatic heterocycles. The van der Waals surface area contributed by atoms with Crippen LogP contribution in [0.5, 0.6) is 0 Å². The molecular weight excluding hydrogens is 416 g/mol. The van der Waals surface area contributed by atoms with Gasteiger partial charge in [0.15, 0.2) is 5.54 Å². The van der Waals surface area contributed by atoms with Crippen molar-refractivity contribution in [2.45, 2.75) is 62.1 Å². The van der Waals surface area contributed by atoms with Crippen LogP contribution in [-0.2, 0) is 9.53 Å². The van der Waals surface area contributed by atoms with E-state index in [0.717, 1.165) is 56.3 Å². The molecule has 4 aliphatic rings. The predicted molar refractivity (Wildman–Crippen MR) is 124 cm³/mol. The smallest absolute Gasteiger partial charge is 0.411 e. The van der Waals surface area contributed by atoms with Crippen LogP contribution in [0.3, 0.4) is 0 Å². The molecule has 33 heavy (non-hydrogen) atoms. The molecule has 2 heterocycles. The fraction of sp³-hybridized carbons (Fsp3) is 0.481. The number of carbonyl (C=O) groups excluding carboxylic acids is 1. The maximum Gasteiger partial charge on any atom is 0.411 e. The fourth-order valence-electron chi connectivity index (χ4n) is 6.55. The van der Waals surface area contributed by atoms with E-state index in [9.17, 15) is 14.7 Å². The van der Waals surface area contributed by atoms with Gasteiger partial charge in [0.1, 0.15) is 6.61 Å². The number of benzene rings is 2. The van der Waals surface area contributed by atoms with Crippen LogP contribution >= 0.6 is 0 Å². The summed E-state index contributed by atoms with van der Waals surface area (Å²) >= 11 is 0. The lowest BCUT2D eigenvalue weighted by molar-refractivity contribution is -0.153. The van der Waals surface area contributed by atoms with Gasteiger partial charge in [-0.3, -0.25) is 9.80 Å². The Balaban J connectivity index is 1.28. The quantitative estimate of drug-likeness (QED) is 0.733. The summed E-state index contributed by atoms with van der Waals surface area (Å²) in [5, 5.41) is 10.5. The van der Waals surface area contributed by atoms with Gasteiger partial charge in [-0.2, -0.15) is 0 Å². The number of carbonyl (C=O) groups is 2. The molecular formula is C27H30N2O4. The summed E-state index contributed by atoms with van der Waals surface area (Å²) in [5.41, 5.74) is 3.52. The van der Waals surface area contributed by atoms with E-state index in [1.807, 2.05) is 24.3 Å². The summed E-state index contributed by atoms with van der Waals surface area (Å²) in [6.07, 6.45) is 4.66. The summed E-state index contributed by atoms with van der Waals surface area (Å²) in [7, 11) is 0. The number of hydrogen-bond donors (Lipinski definition) is 1. The molecule has 1 N–H and O–H groups in total. The SMILES string of the molecule is O=C(OCC1c2ccccc2-c2ccccc21)N(C1CC1)C1(C(=O)O)CCN2CCCCC21. The molecule has 172 valence electrons. The Morgan fingerprint density at radius 3 is 2.27 bits per heavy atom. The van der Waals surface area contributed by atoms with Gasteiger partial charge in [0, 0.05) is 24.5 Å². The molecule has 0 aromatic heterocycles. The van der Waals surface area contributed by atoms with Gasteiger partial charge in [0.05, 0.1) is 0 Å². The Labute approximate surface area is 194 Å². The topological polar surface area (TPSA) is 70.1 Å². The monoisotopic (exact) mass is 446 g/mol. The number of ether oxygens (including phenoxy) is 1. The van der Waals surface area contributed by atoms with Gasteiger partial charge < -0.3 is 9.84 Å². The molecule has 6 rings (SSSR count). The second kappa shape index (κ2) is 7.87. The van der Waals surface area contributed by atoms with Crippen LogP contribution in [0, 0.1) is 0 Å². The molecule has 2 aromatic carbocycles. The molecule has 2 saturated heterocycles. The van der Waals surface area contributed by atoms with Crippen molar-refractivity contribution in [2.75, 3.05) is 19.7 Å². The van der Waals surface area contributed by atoms with Crippen molar-refractivity contribution in [3.8, 4) is 11.1 Å². The summed E-state index contributed by atoms with van der Waals surface area (Å²) in [6, 6.07) is 16.4. The Morgan fingerprint density at radius 1 is 0.970 bits per heavy atom. The number of amides is 1. The second-order valence-electron chi connectivity index (χ2n) is 9.93. The molecule has 0 bridgehead atoms. The van der Waals surface area contributed by atoms with Crippen molar-refractivity contribution in [2.24, 2.45) is 0 Å². The first-order chi connectivity index (χ1) is 16.1. The maximum absolute atomic E-state index is 13.6. The van der Waals surface area contributed by atoms with E-state index in [-0.39, 0.29) is 24.6 Å². The van der Waals surface area contributed by atoms with Crippen LogP contribution in [0.1, 0.15) is 55.6 Å². The fourth-order valence-corrected chi connectivity index (χ4v) is 6.55. The van der Waals surface area contributed by atoms with Crippen LogP contribution in [0.2, 0.25) is 0 Å². The first kappa shape index (κ1) is 20.7. The highest BCUT2D eigenvalue weighted by Gasteiger charge is 2.62. The zero-order chi connectivity index (χ0) is 22.6. The third-order valence-corrected chi connectivity index (χ3v) is 8.19. The van der Waals surface area contributed by atoms with Gasteiger partial charge in [-0.15, -0.1) is 0 Å². The minimum absolute atomic E-state index is 0.0290. The van der Waals surface area contributed by atoms with Crippen LogP contribution in [0.15, 0.2) is 48.5 Å². The predicted octanol–water partition coefficient (Wildman–Crippen LogP) is 4.48. The first-order valence-electron chi connectivity index (χ1n) is 12.2. The van der Waals surface area contributed by atoms with Gasteiger partial charge >= 0.3 is 12.1 Å². The zero-order valence-electron chi connectivity index (χ0n) is 18.8. The third-order valence-electron chi connectivity index (χ3n) is 8.19. The largest absolute Gasteiger partial charge is 0.479 e. The number of fused-ring (bicyclic) bond motifs is 4. The number of aliphatic carboxylic acids is 1. The average molecular weight is 447 g/mol. The molecule has 1 amide bonds. The lowest BCUT2D eigenvalue weighted by Gasteiger charge is -2.44. The van der Waals surface area contributed by atoms with Crippen LogP contribution in [0.4, 0.5) is 4.79 Å². The lowest BCUT2D eigenvalue weighted by Crippen LogP contribution is -2.65. The number of hydrogen-bond acceptors (Lipinski definition) is 4. The van der Waals surface area contributed by atoms with Crippen LogP contribution in [0.25, 0.3) is 11.1 Å². The van der Waals surface area contributed by atoms with E-state index in [2.05, 4.69) is 29.2 Å². The summed E-state index contributed by atoms with van der Waals surface area (Å²) in [6.45, 7) is 1.87. The lowest BCUT2D eigenvalue weighted by atomic mass is 9.83. The Bertz CT molecular complexity index is 1050. The van der Waals surface area contributed by atoms with Crippen molar-refractivity contribution in [1.29, 1.82) is 0 Å². The Kier molecular flexibility index (Phi) is 4.94. The highest BCUT2D eigenvalue weighted by atomic mass is 16.6. The number of carboxylic acid groups (broad SMARTS) is 1. The van der Waals surface area contributed by atoms with Crippen molar-refractivity contribution in [3.63, 3.8) is 0 Å². The highest BCUT2D eigenvalue weighted by molar-refractivity contribution is 5.87. The zero-order valence-corrected chi connectivity index (χ0v) is 18.8. The van der Waals surface area contributed by atoms with Crippen molar-refractivity contribution < 1.29 is 19.4 Å². The Morgan fingerprint density at radius 2 is 1.64 bits per heavy atom. The van der Waals surface area contributed by atoms with Crippen molar-refractivity contribution in [1.82, 2.24) is 9.80 Å². The van der Waals surface area contributed by atoms with Crippen molar-refractivity contribution >= 4 is 12.1 Å². The molecule has 1 saturated carbocycles. The normalized spacial score (nSPS) is 26.4.